The van der Waals surface area contributed by atoms with Crippen LogP contribution in [0.3, 0.4) is 0 Å². The molecular weight excluding hydrogens is 264 g/mol. The molecule has 0 fully saturated rings. The van der Waals surface area contributed by atoms with E-state index in [1.54, 1.807) is 23.7 Å². The van der Waals surface area contributed by atoms with Crippen LogP contribution in [0.5, 0.6) is 0 Å². The third-order valence-corrected chi connectivity index (χ3v) is 3.48. The molecule has 3 rings (SSSR count). The van der Waals surface area contributed by atoms with Crippen LogP contribution in [0, 0.1) is 0 Å². The van der Waals surface area contributed by atoms with Gasteiger partial charge < -0.3 is 0 Å². The summed E-state index contributed by atoms with van der Waals surface area (Å²) in [7, 11) is 0. The lowest BCUT2D eigenvalue weighted by Crippen LogP contribution is -2.19. The molecule has 0 amide bonds. The van der Waals surface area contributed by atoms with Crippen LogP contribution in [-0.4, -0.2) is 29.5 Å². The standard InChI is InChI=1S/C15H18N6/c1-15(2,3)13-6-4-12(5-7-13)14(20-10-17-18-11-20)21-9-16-8-19-21/h4-11,14H,1-3H3. The molecule has 0 N–H and O–H groups in total. The third kappa shape index (κ3) is 2.69. The van der Waals surface area contributed by atoms with E-state index in [1.807, 2.05) is 4.57 Å². The van der Waals surface area contributed by atoms with Crippen molar-refractivity contribution in [3.63, 3.8) is 0 Å². The second kappa shape index (κ2) is 5.12. The van der Waals surface area contributed by atoms with Gasteiger partial charge in [-0.15, -0.1) is 10.2 Å². The summed E-state index contributed by atoms with van der Waals surface area (Å²) in [5.41, 5.74) is 2.54. The van der Waals surface area contributed by atoms with Crippen molar-refractivity contribution in [2.75, 3.05) is 0 Å². The zero-order chi connectivity index (χ0) is 14.9. The summed E-state index contributed by atoms with van der Waals surface area (Å²) in [6.45, 7) is 6.62. The molecule has 0 radical (unpaired) electrons. The van der Waals surface area contributed by atoms with Gasteiger partial charge in [0, 0.05) is 0 Å². The van der Waals surface area contributed by atoms with Gasteiger partial charge in [-0.1, -0.05) is 45.0 Å². The molecular formula is C15H18N6. The van der Waals surface area contributed by atoms with Gasteiger partial charge in [0.25, 0.3) is 0 Å². The summed E-state index contributed by atoms with van der Waals surface area (Å²) in [6, 6.07) is 8.55. The Morgan fingerprint density at radius 2 is 1.62 bits per heavy atom. The Labute approximate surface area is 123 Å². The van der Waals surface area contributed by atoms with Crippen LogP contribution in [0.2, 0.25) is 0 Å². The van der Waals surface area contributed by atoms with Gasteiger partial charge >= 0.3 is 0 Å². The molecule has 0 saturated carbocycles. The highest BCUT2D eigenvalue weighted by Crippen LogP contribution is 2.25. The van der Waals surface area contributed by atoms with E-state index in [0.29, 0.717) is 0 Å². The van der Waals surface area contributed by atoms with Crippen LogP contribution < -0.4 is 0 Å². The lowest BCUT2D eigenvalue weighted by Gasteiger charge is -2.22. The van der Waals surface area contributed by atoms with E-state index in [9.17, 15) is 0 Å². The maximum absolute atomic E-state index is 4.25. The van der Waals surface area contributed by atoms with Gasteiger partial charge in [0.2, 0.25) is 0 Å². The van der Waals surface area contributed by atoms with Gasteiger partial charge in [-0.05, 0) is 16.5 Å². The number of hydrogen-bond donors (Lipinski definition) is 0. The lowest BCUT2D eigenvalue weighted by atomic mass is 9.86. The van der Waals surface area contributed by atoms with Crippen LogP contribution in [0.15, 0.2) is 49.6 Å². The minimum absolute atomic E-state index is 0.128. The first-order valence-electron chi connectivity index (χ1n) is 6.84. The number of hydrogen-bond acceptors (Lipinski definition) is 4. The van der Waals surface area contributed by atoms with Crippen molar-refractivity contribution in [1.82, 2.24) is 29.5 Å². The molecule has 3 aromatic rings. The predicted molar refractivity (Wildman–Crippen MR) is 78.7 cm³/mol. The van der Waals surface area contributed by atoms with Gasteiger partial charge in [-0.2, -0.15) is 5.10 Å². The van der Waals surface area contributed by atoms with Gasteiger partial charge in [0.05, 0.1) is 0 Å². The molecule has 6 heteroatoms. The number of rotatable bonds is 3. The maximum Gasteiger partial charge on any atom is 0.156 e. The minimum Gasteiger partial charge on any atom is -0.293 e. The molecule has 2 aromatic heterocycles. The van der Waals surface area contributed by atoms with E-state index in [-0.39, 0.29) is 11.6 Å². The first-order valence-corrected chi connectivity index (χ1v) is 6.84. The molecule has 21 heavy (non-hydrogen) atoms. The summed E-state index contributed by atoms with van der Waals surface area (Å²) in [6.07, 6.45) is 6.47. The van der Waals surface area contributed by atoms with Crippen LogP contribution in [0.4, 0.5) is 0 Å². The largest absolute Gasteiger partial charge is 0.293 e. The lowest BCUT2D eigenvalue weighted by molar-refractivity contribution is 0.453. The fourth-order valence-corrected chi connectivity index (χ4v) is 2.30. The summed E-state index contributed by atoms with van der Waals surface area (Å²) >= 11 is 0. The average molecular weight is 282 g/mol. The SMILES string of the molecule is CC(C)(C)c1ccc(C(n2cnnc2)n2cncn2)cc1. The maximum atomic E-state index is 4.25. The Morgan fingerprint density at radius 1 is 0.952 bits per heavy atom. The van der Waals surface area contributed by atoms with Gasteiger partial charge in [0.1, 0.15) is 25.3 Å². The highest BCUT2D eigenvalue weighted by atomic mass is 15.4. The summed E-state index contributed by atoms with van der Waals surface area (Å²) < 4.78 is 3.69. The zero-order valence-electron chi connectivity index (χ0n) is 12.4. The van der Waals surface area contributed by atoms with Crippen LogP contribution in [-0.2, 0) is 5.41 Å². The molecule has 0 aliphatic heterocycles. The van der Waals surface area contributed by atoms with Crippen molar-refractivity contribution in [3.05, 3.63) is 60.7 Å². The smallest absolute Gasteiger partial charge is 0.156 e. The Kier molecular flexibility index (Phi) is 3.29. The normalized spacial score (nSPS) is 13.3. The fraction of sp³-hybridized carbons (Fsp3) is 0.333. The molecule has 2 heterocycles. The highest BCUT2D eigenvalue weighted by Gasteiger charge is 2.18. The van der Waals surface area contributed by atoms with E-state index in [2.05, 4.69) is 65.3 Å². The van der Waals surface area contributed by atoms with Gasteiger partial charge in [-0.3, -0.25) is 4.57 Å². The second-order valence-electron chi connectivity index (χ2n) is 6.03. The van der Waals surface area contributed by atoms with E-state index in [0.717, 1.165) is 5.56 Å². The zero-order valence-corrected chi connectivity index (χ0v) is 12.4. The van der Waals surface area contributed by atoms with E-state index >= 15 is 0 Å². The topological polar surface area (TPSA) is 61.4 Å². The number of aromatic nitrogens is 6. The van der Waals surface area contributed by atoms with Crippen molar-refractivity contribution >= 4 is 0 Å². The van der Waals surface area contributed by atoms with Gasteiger partial charge in [-0.25, -0.2) is 9.67 Å². The summed E-state index contributed by atoms with van der Waals surface area (Å²) in [4.78, 5) is 4.03. The molecule has 0 saturated heterocycles. The van der Waals surface area contributed by atoms with E-state index in [1.165, 1.54) is 11.9 Å². The average Bonchev–Trinajstić information content (AvgIpc) is 3.12. The van der Waals surface area contributed by atoms with Crippen molar-refractivity contribution in [3.8, 4) is 0 Å². The Balaban J connectivity index is 2.02. The van der Waals surface area contributed by atoms with E-state index < -0.39 is 0 Å². The monoisotopic (exact) mass is 282 g/mol. The van der Waals surface area contributed by atoms with Crippen LogP contribution >= 0.6 is 0 Å². The van der Waals surface area contributed by atoms with Crippen molar-refractivity contribution in [2.24, 2.45) is 0 Å². The molecule has 1 unspecified atom stereocenters. The molecule has 0 spiro atoms. The Morgan fingerprint density at radius 3 is 2.14 bits per heavy atom. The molecule has 1 aromatic carbocycles. The summed E-state index contributed by atoms with van der Waals surface area (Å²) in [5, 5.41) is 12.0. The van der Waals surface area contributed by atoms with Crippen LogP contribution in [0.25, 0.3) is 0 Å². The molecule has 0 aliphatic carbocycles. The molecule has 1 atom stereocenters. The van der Waals surface area contributed by atoms with Crippen molar-refractivity contribution in [1.29, 1.82) is 0 Å². The summed E-state index contributed by atoms with van der Waals surface area (Å²) in [5.74, 6) is 0. The van der Waals surface area contributed by atoms with Gasteiger partial charge in [0.15, 0.2) is 6.17 Å². The predicted octanol–water partition coefficient (Wildman–Crippen LogP) is 2.26. The second-order valence-corrected chi connectivity index (χ2v) is 6.03. The Hall–Kier alpha value is -2.50. The fourth-order valence-electron chi connectivity index (χ4n) is 2.30. The number of benzene rings is 1. The first-order chi connectivity index (χ1) is 10.1. The minimum atomic E-state index is -0.128. The van der Waals surface area contributed by atoms with E-state index in [4.69, 9.17) is 0 Å². The Bertz CT molecular complexity index is 643. The third-order valence-electron chi connectivity index (χ3n) is 3.48. The molecule has 6 nitrogen and oxygen atoms in total. The molecule has 108 valence electrons. The highest BCUT2D eigenvalue weighted by molar-refractivity contribution is 5.29. The van der Waals surface area contributed by atoms with Crippen LogP contribution in [0.1, 0.15) is 38.1 Å². The quantitative estimate of drug-likeness (QED) is 0.739. The van der Waals surface area contributed by atoms with Crippen molar-refractivity contribution < 1.29 is 0 Å². The molecule has 0 bridgehead atoms. The molecule has 0 aliphatic rings. The van der Waals surface area contributed by atoms with Crippen molar-refractivity contribution in [2.45, 2.75) is 32.4 Å². The number of nitrogens with zero attached hydrogens (tertiary/aromatic N) is 6. The first kappa shape index (κ1) is 13.5.